The molecule has 2 unspecified atom stereocenters. The van der Waals surface area contributed by atoms with E-state index in [-0.39, 0.29) is 18.0 Å². The molecule has 3 N–H and O–H groups in total. The lowest BCUT2D eigenvalue weighted by atomic mass is 10.1. The maximum atomic E-state index is 8.59. The van der Waals surface area contributed by atoms with Crippen molar-refractivity contribution in [1.29, 1.82) is 0 Å². The summed E-state index contributed by atoms with van der Waals surface area (Å²) >= 11 is 0. The van der Waals surface area contributed by atoms with Gasteiger partial charge in [0.2, 0.25) is 0 Å². The van der Waals surface area contributed by atoms with Crippen molar-refractivity contribution >= 4 is 5.84 Å². The fourth-order valence-electron chi connectivity index (χ4n) is 2.36. The van der Waals surface area contributed by atoms with Crippen LogP contribution in [0.3, 0.4) is 0 Å². The summed E-state index contributed by atoms with van der Waals surface area (Å²) in [6.45, 7) is 2.88. The van der Waals surface area contributed by atoms with Gasteiger partial charge in [0.05, 0.1) is 0 Å². The summed E-state index contributed by atoms with van der Waals surface area (Å²) in [5.41, 5.74) is 6.80. The number of oxime groups is 1. The van der Waals surface area contributed by atoms with Crippen LogP contribution < -0.4 is 10.5 Å². The van der Waals surface area contributed by atoms with Gasteiger partial charge in [-0.25, -0.2) is 0 Å². The number of hydrogen-bond donors (Lipinski definition) is 2. The number of rotatable bonds is 5. The molecule has 1 aliphatic heterocycles. The monoisotopic (exact) mass is 263 g/mol. The molecule has 0 fully saturated rings. The maximum Gasteiger partial charge on any atom is 0.140 e. The van der Waals surface area contributed by atoms with Crippen LogP contribution in [0.5, 0.6) is 5.75 Å². The number of para-hydroxylation sites is 1. The number of nitrogens with two attached hydrogens (primary N) is 1. The average molecular weight is 263 g/mol. The maximum absolute atomic E-state index is 8.59. The van der Waals surface area contributed by atoms with Crippen LogP contribution in [0.4, 0.5) is 0 Å². The molecular formula is C14H21N3O2. The molecule has 0 saturated carbocycles. The molecule has 5 nitrogen and oxygen atoms in total. The Bertz CT molecular complexity index is 437. The summed E-state index contributed by atoms with van der Waals surface area (Å²) in [6, 6.07) is 8.36. The number of hydrogen-bond acceptors (Lipinski definition) is 4. The van der Waals surface area contributed by atoms with E-state index in [1.54, 1.807) is 0 Å². The number of amidine groups is 1. The molecule has 104 valence electrons. The van der Waals surface area contributed by atoms with Gasteiger partial charge in [-0.2, -0.15) is 0 Å². The van der Waals surface area contributed by atoms with Crippen LogP contribution in [0.25, 0.3) is 0 Å². The molecule has 0 spiro atoms. The first-order valence-electron chi connectivity index (χ1n) is 6.51. The minimum atomic E-state index is 0.178. The minimum absolute atomic E-state index is 0.178. The Morgan fingerprint density at radius 3 is 3.00 bits per heavy atom. The molecule has 2 atom stereocenters. The highest BCUT2D eigenvalue weighted by Gasteiger charge is 2.25. The van der Waals surface area contributed by atoms with Crippen molar-refractivity contribution in [2.24, 2.45) is 10.9 Å². The molecule has 2 rings (SSSR count). The summed E-state index contributed by atoms with van der Waals surface area (Å²) in [5.74, 6) is 1.25. The topological polar surface area (TPSA) is 71.1 Å². The quantitative estimate of drug-likeness (QED) is 0.365. The van der Waals surface area contributed by atoms with Crippen molar-refractivity contribution in [2.45, 2.75) is 31.9 Å². The van der Waals surface area contributed by atoms with Crippen molar-refractivity contribution in [1.82, 2.24) is 4.90 Å². The molecule has 0 radical (unpaired) electrons. The van der Waals surface area contributed by atoms with Gasteiger partial charge in [0.1, 0.15) is 17.7 Å². The van der Waals surface area contributed by atoms with Crippen molar-refractivity contribution in [2.75, 3.05) is 13.6 Å². The van der Waals surface area contributed by atoms with E-state index >= 15 is 0 Å². The number of benzene rings is 1. The molecular weight excluding hydrogens is 242 g/mol. The zero-order valence-corrected chi connectivity index (χ0v) is 11.4. The number of likely N-dealkylation sites (N-methyl/N-ethyl adjacent to an activating group) is 1. The summed E-state index contributed by atoms with van der Waals surface area (Å²) in [4.78, 5) is 2.18. The van der Waals surface area contributed by atoms with E-state index < -0.39 is 0 Å². The lowest BCUT2D eigenvalue weighted by molar-refractivity contribution is 0.145. The first-order chi connectivity index (χ1) is 9.10. The molecule has 1 heterocycles. The van der Waals surface area contributed by atoms with Crippen LogP contribution in [0.15, 0.2) is 29.4 Å². The fraction of sp³-hybridized carbons (Fsp3) is 0.500. The summed E-state index contributed by atoms with van der Waals surface area (Å²) < 4.78 is 5.91. The van der Waals surface area contributed by atoms with Gasteiger partial charge < -0.3 is 15.7 Å². The van der Waals surface area contributed by atoms with Crippen molar-refractivity contribution in [3.63, 3.8) is 0 Å². The van der Waals surface area contributed by atoms with E-state index in [9.17, 15) is 0 Å². The Labute approximate surface area is 113 Å². The smallest absolute Gasteiger partial charge is 0.140 e. The third-order valence-corrected chi connectivity index (χ3v) is 3.59. The van der Waals surface area contributed by atoms with Gasteiger partial charge in [-0.3, -0.25) is 4.90 Å². The normalized spacial score (nSPS) is 20.2. The van der Waals surface area contributed by atoms with E-state index in [2.05, 4.69) is 23.0 Å². The molecule has 0 aromatic heterocycles. The molecule has 0 aliphatic carbocycles. The van der Waals surface area contributed by atoms with Gasteiger partial charge in [-0.1, -0.05) is 23.4 Å². The zero-order valence-electron chi connectivity index (χ0n) is 11.4. The predicted molar refractivity (Wildman–Crippen MR) is 74.7 cm³/mol. The average Bonchev–Trinajstić information content (AvgIpc) is 2.80. The van der Waals surface area contributed by atoms with Gasteiger partial charge in [0.15, 0.2) is 0 Å². The van der Waals surface area contributed by atoms with Gasteiger partial charge in [0, 0.05) is 25.4 Å². The highest BCUT2D eigenvalue weighted by Crippen LogP contribution is 2.28. The minimum Gasteiger partial charge on any atom is -0.488 e. The Kier molecular flexibility index (Phi) is 4.27. The van der Waals surface area contributed by atoms with Crippen molar-refractivity contribution in [3.8, 4) is 5.75 Å². The van der Waals surface area contributed by atoms with Crippen molar-refractivity contribution < 1.29 is 9.94 Å². The highest BCUT2D eigenvalue weighted by atomic mass is 16.5. The van der Waals surface area contributed by atoms with E-state index in [0.717, 1.165) is 18.7 Å². The fourth-order valence-corrected chi connectivity index (χ4v) is 2.36. The van der Waals surface area contributed by atoms with Gasteiger partial charge in [0.25, 0.3) is 0 Å². The summed E-state index contributed by atoms with van der Waals surface area (Å²) in [6.07, 6.45) is 1.67. The number of fused-ring (bicyclic) bond motifs is 1. The van der Waals surface area contributed by atoms with Crippen LogP contribution >= 0.6 is 0 Å². The molecule has 5 heteroatoms. The summed E-state index contributed by atoms with van der Waals surface area (Å²) in [7, 11) is 2.03. The lowest BCUT2D eigenvalue weighted by Gasteiger charge is -2.26. The SMILES string of the molecule is CC(CC(N)=NO)N(C)CC1Cc2ccccc2O1. The van der Waals surface area contributed by atoms with Crippen LogP contribution in [0.1, 0.15) is 18.9 Å². The van der Waals surface area contributed by atoms with E-state index in [1.165, 1.54) is 5.56 Å². The molecule has 19 heavy (non-hydrogen) atoms. The predicted octanol–water partition coefficient (Wildman–Crippen LogP) is 1.45. The van der Waals surface area contributed by atoms with E-state index in [1.807, 2.05) is 25.2 Å². The van der Waals surface area contributed by atoms with Crippen LogP contribution in [-0.2, 0) is 6.42 Å². The lowest BCUT2D eigenvalue weighted by Crippen LogP contribution is -2.39. The second-order valence-corrected chi connectivity index (χ2v) is 5.14. The molecule has 0 amide bonds. The standard InChI is InChI=1S/C14H21N3O2/c1-10(7-14(15)16-18)17(2)9-12-8-11-5-3-4-6-13(11)19-12/h3-6,10,12,18H,7-9H2,1-2H3,(H2,15,16). The largest absolute Gasteiger partial charge is 0.488 e. The third-order valence-electron chi connectivity index (χ3n) is 3.59. The Balaban J connectivity index is 1.86. The van der Waals surface area contributed by atoms with Gasteiger partial charge >= 0.3 is 0 Å². The Morgan fingerprint density at radius 2 is 2.32 bits per heavy atom. The molecule has 1 aliphatic rings. The Hall–Kier alpha value is -1.75. The van der Waals surface area contributed by atoms with Crippen molar-refractivity contribution in [3.05, 3.63) is 29.8 Å². The number of ether oxygens (including phenoxy) is 1. The van der Waals surface area contributed by atoms with Gasteiger partial charge in [-0.15, -0.1) is 0 Å². The van der Waals surface area contributed by atoms with Crippen LogP contribution in [-0.4, -0.2) is 41.7 Å². The molecule has 1 aromatic carbocycles. The number of nitrogens with zero attached hydrogens (tertiary/aromatic N) is 2. The van der Waals surface area contributed by atoms with E-state index in [0.29, 0.717) is 6.42 Å². The highest BCUT2D eigenvalue weighted by molar-refractivity contribution is 5.80. The third kappa shape index (κ3) is 3.38. The van der Waals surface area contributed by atoms with E-state index in [4.69, 9.17) is 15.7 Å². The summed E-state index contributed by atoms with van der Waals surface area (Å²) in [5, 5.41) is 11.6. The van der Waals surface area contributed by atoms with Gasteiger partial charge in [-0.05, 0) is 25.6 Å². The Morgan fingerprint density at radius 1 is 1.58 bits per heavy atom. The molecule has 0 bridgehead atoms. The molecule has 1 aromatic rings. The second kappa shape index (κ2) is 5.93. The van der Waals surface area contributed by atoms with Crippen LogP contribution in [0, 0.1) is 0 Å². The first kappa shape index (κ1) is 13.7. The molecule has 0 saturated heterocycles. The first-order valence-corrected chi connectivity index (χ1v) is 6.51. The zero-order chi connectivity index (χ0) is 13.8. The van der Waals surface area contributed by atoms with Crippen LogP contribution in [0.2, 0.25) is 0 Å². The second-order valence-electron chi connectivity index (χ2n) is 5.14.